The minimum atomic E-state index is -1.01. The number of benzene rings is 1. The minimum Gasteiger partial charge on any atom is -0.481 e. The van der Waals surface area contributed by atoms with E-state index in [0.29, 0.717) is 12.0 Å². The van der Waals surface area contributed by atoms with Crippen molar-refractivity contribution in [2.45, 2.75) is 13.3 Å². The topological polar surface area (TPSA) is 122 Å². The molecule has 142 valence electrons. The number of aliphatic carboxylic acids is 1. The van der Waals surface area contributed by atoms with Gasteiger partial charge in [-0.2, -0.15) is 0 Å². The molecule has 2 bridgehead atoms. The number of carbonyl (C=O) groups excluding carboxylic acids is 3. The Hall–Kier alpha value is -3.16. The monoisotopic (exact) mass is 372 g/mol. The Kier molecular flexibility index (Phi) is 5.25. The standard InChI is InChI=1S/C19H20N2O6/c1-2-27-19(26)11-5-3-10(4-6-11)16(22)20-21-17(23)14-12-7-8-13(9-12)15(14)18(24)25/h3-8,12-15H,2,9H2,1H3,(H,20,22)(H,21,23)(H,24,25)/t12-,13-,14+,15+/m0/s1. The van der Waals surface area contributed by atoms with E-state index in [1.165, 1.54) is 24.3 Å². The van der Waals surface area contributed by atoms with Crippen LogP contribution in [0.4, 0.5) is 0 Å². The molecular weight excluding hydrogens is 352 g/mol. The molecule has 0 saturated heterocycles. The molecule has 1 aromatic carbocycles. The van der Waals surface area contributed by atoms with Gasteiger partial charge in [0.05, 0.1) is 24.0 Å². The SMILES string of the molecule is CCOC(=O)c1ccc(C(=O)NNC(=O)[C@H]2[C@H](C(=O)O)[C@H]3C=C[C@H]2C3)cc1. The average Bonchev–Trinajstić information content (AvgIpc) is 3.27. The van der Waals surface area contributed by atoms with Gasteiger partial charge in [-0.25, -0.2) is 4.79 Å². The fourth-order valence-corrected chi connectivity index (χ4v) is 3.76. The van der Waals surface area contributed by atoms with Gasteiger partial charge < -0.3 is 9.84 Å². The van der Waals surface area contributed by atoms with Gasteiger partial charge in [-0.05, 0) is 49.4 Å². The average molecular weight is 372 g/mol. The summed E-state index contributed by atoms with van der Waals surface area (Å²) in [7, 11) is 0. The Bertz CT molecular complexity index is 801. The quantitative estimate of drug-likeness (QED) is 0.405. The number of carbonyl (C=O) groups is 4. The van der Waals surface area contributed by atoms with Crippen molar-refractivity contribution in [2.75, 3.05) is 6.61 Å². The molecule has 2 amide bonds. The highest BCUT2D eigenvalue weighted by Gasteiger charge is 2.51. The fourth-order valence-electron chi connectivity index (χ4n) is 3.76. The number of fused-ring (bicyclic) bond motifs is 2. The molecule has 2 aliphatic rings. The highest BCUT2D eigenvalue weighted by molar-refractivity contribution is 5.97. The van der Waals surface area contributed by atoms with Gasteiger partial charge in [0.15, 0.2) is 0 Å². The van der Waals surface area contributed by atoms with E-state index in [0.717, 1.165) is 0 Å². The Morgan fingerprint density at radius 3 is 2.19 bits per heavy atom. The summed E-state index contributed by atoms with van der Waals surface area (Å²) < 4.78 is 4.87. The number of nitrogens with one attached hydrogen (secondary N) is 2. The molecule has 4 atom stereocenters. The van der Waals surface area contributed by atoms with Gasteiger partial charge in [-0.1, -0.05) is 12.2 Å². The summed E-state index contributed by atoms with van der Waals surface area (Å²) >= 11 is 0. The van der Waals surface area contributed by atoms with Crippen molar-refractivity contribution in [3.8, 4) is 0 Å². The van der Waals surface area contributed by atoms with Crippen LogP contribution >= 0.6 is 0 Å². The zero-order chi connectivity index (χ0) is 19.6. The second kappa shape index (κ2) is 7.61. The highest BCUT2D eigenvalue weighted by Crippen LogP contribution is 2.48. The van der Waals surface area contributed by atoms with E-state index in [1.54, 1.807) is 6.92 Å². The molecule has 0 spiro atoms. The third kappa shape index (κ3) is 3.69. The number of carboxylic acid groups (broad SMARTS) is 1. The Balaban J connectivity index is 1.59. The first kappa shape index (κ1) is 18.6. The van der Waals surface area contributed by atoms with E-state index >= 15 is 0 Å². The van der Waals surface area contributed by atoms with Crippen molar-refractivity contribution in [3.63, 3.8) is 0 Å². The van der Waals surface area contributed by atoms with E-state index < -0.39 is 35.6 Å². The lowest BCUT2D eigenvalue weighted by Gasteiger charge is -2.23. The van der Waals surface area contributed by atoms with Gasteiger partial charge in [-0.15, -0.1) is 0 Å². The van der Waals surface area contributed by atoms with Gasteiger partial charge in [0.2, 0.25) is 5.91 Å². The summed E-state index contributed by atoms with van der Waals surface area (Å²) in [6.07, 6.45) is 4.35. The number of amides is 2. The second-order valence-corrected chi connectivity index (χ2v) is 6.58. The maximum absolute atomic E-state index is 12.4. The van der Waals surface area contributed by atoms with Crippen LogP contribution in [0.1, 0.15) is 34.1 Å². The van der Waals surface area contributed by atoms with E-state index in [4.69, 9.17) is 4.74 Å². The van der Waals surface area contributed by atoms with Crippen molar-refractivity contribution in [3.05, 3.63) is 47.5 Å². The first-order valence-electron chi connectivity index (χ1n) is 8.71. The first-order valence-corrected chi connectivity index (χ1v) is 8.71. The van der Waals surface area contributed by atoms with Crippen molar-refractivity contribution >= 4 is 23.8 Å². The highest BCUT2D eigenvalue weighted by atomic mass is 16.5. The number of esters is 1. The van der Waals surface area contributed by atoms with E-state index in [9.17, 15) is 24.3 Å². The summed E-state index contributed by atoms with van der Waals surface area (Å²) in [5, 5.41) is 9.38. The van der Waals surface area contributed by atoms with Crippen molar-refractivity contribution in [2.24, 2.45) is 23.7 Å². The van der Waals surface area contributed by atoms with Gasteiger partial charge >= 0.3 is 11.9 Å². The molecule has 8 heteroatoms. The zero-order valence-electron chi connectivity index (χ0n) is 14.7. The van der Waals surface area contributed by atoms with Gasteiger partial charge in [-0.3, -0.25) is 25.2 Å². The normalized spacial score (nSPS) is 25.1. The molecular formula is C19H20N2O6. The maximum Gasteiger partial charge on any atom is 0.338 e. The number of ether oxygens (including phenoxy) is 1. The summed E-state index contributed by atoms with van der Waals surface area (Å²) in [5.74, 6) is -4.33. The van der Waals surface area contributed by atoms with Crippen LogP contribution in [0.15, 0.2) is 36.4 Å². The molecule has 0 radical (unpaired) electrons. The van der Waals surface area contributed by atoms with Gasteiger partial charge in [0.25, 0.3) is 5.91 Å². The van der Waals surface area contributed by atoms with Crippen LogP contribution in [0.5, 0.6) is 0 Å². The Labute approximate surface area is 155 Å². The molecule has 3 N–H and O–H groups in total. The number of carboxylic acids is 1. The largest absolute Gasteiger partial charge is 0.481 e. The van der Waals surface area contributed by atoms with Crippen LogP contribution in [-0.4, -0.2) is 35.5 Å². The number of hydrogen-bond donors (Lipinski definition) is 3. The van der Waals surface area contributed by atoms with Gasteiger partial charge in [0, 0.05) is 5.56 Å². The fraction of sp³-hybridized carbons (Fsp3) is 0.368. The third-order valence-electron chi connectivity index (χ3n) is 5.00. The molecule has 0 aliphatic heterocycles. The van der Waals surface area contributed by atoms with Crippen molar-refractivity contribution in [1.82, 2.24) is 10.9 Å². The smallest absolute Gasteiger partial charge is 0.338 e. The lowest BCUT2D eigenvalue weighted by molar-refractivity contribution is -0.148. The van der Waals surface area contributed by atoms with Crippen LogP contribution in [0.25, 0.3) is 0 Å². The molecule has 0 heterocycles. The molecule has 2 aliphatic carbocycles. The van der Waals surface area contributed by atoms with E-state index in [-0.39, 0.29) is 24.0 Å². The maximum atomic E-state index is 12.4. The van der Waals surface area contributed by atoms with Crippen LogP contribution in [0.3, 0.4) is 0 Å². The van der Waals surface area contributed by atoms with Crippen molar-refractivity contribution in [1.29, 1.82) is 0 Å². The summed E-state index contributed by atoms with van der Waals surface area (Å²) in [6.45, 7) is 1.95. The predicted molar refractivity (Wildman–Crippen MR) is 93.4 cm³/mol. The summed E-state index contributed by atoms with van der Waals surface area (Å²) in [4.78, 5) is 47.7. The molecule has 27 heavy (non-hydrogen) atoms. The minimum absolute atomic E-state index is 0.128. The van der Waals surface area contributed by atoms with E-state index in [1.807, 2.05) is 12.2 Å². The number of rotatable bonds is 5. The van der Waals surface area contributed by atoms with Crippen LogP contribution < -0.4 is 10.9 Å². The predicted octanol–water partition coefficient (Wildman–Crippen LogP) is 1.15. The molecule has 0 aromatic heterocycles. The van der Waals surface area contributed by atoms with Crippen LogP contribution in [0.2, 0.25) is 0 Å². The zero-order valence-corrected chi connectivity index (χ0v) is 14.7. The van der Waals surface area contributed by atoms with Crippen LogP contribution in [0, 0.1) is 23.7 Å². The summed E-state index contributed by atoms with van der Waals surface area (Å²) in [6, 6.07) is 5.79. The number of hydrogen-bond acceptors (Lipinski definition) is 5. The molecule has 1 saturated carbocycles. The summed E-state index contributed by atoms with van der Waals surface area (Å²) in [5.41, 5.74) is 5.18. The molecule has 1 aromatic rings. The second-order valence-electron chi connectivity index (χ2n) is 6.58. The lowest BCUT2D eigenvalue weighted by atomic mass is 9.82. The Morgan fingerprint density at radius 1 is 1.00 bits per heavy atom. The van der Waals surface area contributed by atoms with E-state index in [2.05, 4.69) is 10.9 Å². The third-order valence-corrected chi connectivity index (χ3v) is 5.00. The molecule has 1 fully saturated rings. The van der Waals surface area contributed by atoms with Crippen LogP contribution in [-0.2, 0) is 14.3 Å². The van der Waals surface area contributed by atoms with Crippen molar-refractivity contribution < 1.29 is 29.0 Å². The molecule has 3 rings (SSSR count). The molecule has 8 nitrogen and oxygen atoms in total. The number of hydrazine groups is 1. The number of allylic oxidation sites excluding steroid dienone is 2. The Morgan fingerprint density at radius 2 is 1.59 bits per heavy atom. The van der Waals surface area contributed by atoms with Gasteiger partial charge in [0.1, 0.15) is 0 Å². The lowest BCUT2D eigenvalue weighted by Crippen LogP contribution is -2.48. The first-order chi connectivity index (χ1) is 12.9. The molecule has 0 unspecified atom stereocenters.